The van der Waals surface area contributed by atoms with Crippen LogP contribution in [0, 0.1) is 0 Å². The maximum Gasteiger partial charge on any atom is 0.138 e. The maximum atomic E-state index is 5.15. The van der Waals surface area contributed by atoms with Crippen LogP contribution in [0.15, 0.2) is 133 Å². The predicted molar refractivity (Wildman–Crippen MR) is 169 cm³/mol. The van der Waals surface area contributed by atoms with Crippen LogP contribution in [-0.4, -0.2) is 21.3 Å². The first-order valence-corrected chi connectivity index (χ1v) is 13.7. The van der Waals surface area contributed by atoms with Crippen molar-refractivity contribution in [2.75, 3.05) is 4.90 Å². The Hall–Kier alpha value is -5.55. The zero-order valence-electron chi connectivity index (χ0n) is 22.3. The fourth-order valence-corrected chi connectivity index (χ4v) is 6.19. The molecule has 0 bridgehead atoms. The van der Waals surface area contributed by atoms with Gasteiger partial charge in [0.15, 0.2) is 0 Å². The number of hydrogen-bond donors (Lipinski definition) is 0. The van der Waals surface area contributed by atoms with Crippen molar-refractivity contribution in [3.8, 4) is 28.3 Å². The van der Waals surface area contributed by atoms with Gasteiger partial charge in [-0.1, -0.05) is 72.8 Å². The van der Waals surface area contributed by atoms with E-state index >= 15 is 0 Å². The zero-order chi connectivity index (χ0) is 27.3. The molecule has 0 radical (unpaired) electrons. The lowest BCUT2D eigenvalue weighted by molar-refractivity contribution is 0.960. The number of nitrogens with zero attached hydrogens (tertiary/aromatic N) is 5. The van der Waals surface area contributed by atoms with E-state index in [-0.39, 0.29) is 0 Å². The lowest BCUT2D eigenvalue weighted by Crippen LogP contribution is -2.22. The van der Waals surface area contributed by atoms with Crippen molar-refractivity contribution in [3.63, 3.8) is 0 Å². The average Bonchev–Trinajstić information content (AvgIpc) is 3.39. The monoisotopic (exact) mass is 527 g/mol. The summed E-state index contributed by atoms with van der Waals surface area (Å²) in [6.45, 7) is 4.55. The van der Waals surface area contributed by atoms with E-state index in [1.165, 1.54) is 27.5 Å². The van der Waals surface area contributed by atoms with Gasteiger partial charge in [0.05, 0.1) is 33.8 Å². The smallest absolute Gasteiger partial charge is 0.138 e. The maximum absolute atomic E-state index is 5.15. The topological polar surface area (TPSA) is 46.3 Å². The highest BCUT2D eigenvalue weighted by molar-refractivity contribution is 6.15. The van der Waals surface area contributed by atoms with Crippen molar-refractivity contribution in [1.29, 1.82) is 0 Å². The van der Waals surface area contributed by atoms with Crippen molar-refractivity contribution >= 4 is 45.6 Å². The largest absolute Gasteiger partial charge is 0.335 e. The summed E-state index contributed by atoms with van der Waals surface area (Å²) in [6, 6.07) is 42.1. The van der Waals surface area contributed by atoms with Crippen LogP contribution in [-0.2, 0) is 6.54 Å². The van der Waals surface area contributed by atoms with Crippen molar-refractivity contribution in [2.24, 2.45) is 4.99 Å². The molecular formula is C36H25N5. The molecule has 5 nitrogen and oxygen atoms in total. The van der Waals surface area contributed by atoms with E-state index in [1.54, 1.807) is 0 Å². The van der Waals surface area contributed by atoms with Gasteiger partial charge in [-0.05, 0) is 60.8 Å². The number of fused-ring (bicyclic) bond motifs is 7. The first-order chi connectivity index (χ1) is 20.3. The molecule has 0 unspecified atom stereocenters. The van der Waals surface area contributed by atoms with E-state index in [0.29, 0.717) is 0 Å². The molecule has 0 saturated heterocycles. The molecule has 0 saturated carbocycles. The number of aliphatic imine (C=N–C) groups is 1. The first kappa shape index (κ1) is 23.3. The van der Waals surface area contributed by atoms with E-state index in [0.717, 1.165) is 51.8 Å². The van der Waals surface area contributed by atoms with Gasteiger partial charge in [0.2, 0.25) is 0 Å². The van der Waals surface area contributed by atoms with E-state index in [2.05, 4.69) is 111 Å². The SMILES string of the molecule is C=Nc1ccccc1N1Cc2ccc3c4ccccc4n(-c4cccc(-c5ccccn5)n4)c3c2-c2ccccc21. The number of benzene rings is 4. The summed E-state index contributed by atoms with van der Waals surface area (Å²) < 4.78 is 2.32. The summed E-state index contributed by atoms with van der Waals surface area (Å²) in [5, 5.41) is 2.41. The number of hydrogen-bond acceptors (Lipinski definition) is 4. The minimum Gasteiger partial charge on any atom is -0.335 e. The Kier molecular flexibility index (Phi) is 5.28. The van der Waals surface area contributed by atoms with Gasteiger partial charge in [-0.2, -0.15) is 0 Å². The molecule has 1 aliphatic rings. The molecule has 194 valence electrons. The van der Waals surface area contributed by atoms with Gasteiger partial charge in [-0.25, -0.2) is 4.98 Å². The van der Waals surface area contributed by atoms with Crippen LogP contribution in [0.25, 0.3) is 50.1 Å². The molecule has 7 aromatic rings. The molecule has 0 aliphatic carbocycles. The fourth-order valence-electron chi connectivity index (χ4n) is 6.19. The van der Waals surface area contributed by atoms with Gasteiger partial charge in [-0.15, -0.1) is 0 Å². The van der Waals surface area contributed by atoms with E-state index < -0.39 is 0 Å². The third-order valence-electron chi connectivity index (χ3n) is 7.95. The second-order valence-corrected chi connectivity index (χ2v) is 10.2. The highest BCUT2D eigenvalue weighted by Crippen LogP contribution is 2.49. The number of pyridine rings is 2. The molecule has 3 aromatic heterocycles. The Morgan fingerprint density at radius 1 is 0.659 bits per heavy atom. The molecule has 5 heteroatoms. The summed E-state index contributed by atoms with van der Waals surface area (Å²) in [5.74, 6) is 0.869. The summed E-state index contributed by atoms with van der Waals surface area (Å²) in [6.07, 6.45) is 1.81. The average molecular weight is 528 g/mol. The van der Waals surface area contributed by atoms with E-state index in [4.69, 9.17) is 4.98 Å². The Labute approximate surface area is 237 Å². The van der Waals surface area contributed by atoms with Gasteiger partial charge in [0.1, 0.15) is 5.82 Å². The van der Waals surface area contributed by atoms with Crippen LogP contribution in [0.4, 0.5) is 17.1 Å². The van der Waals surface area contributed by atoms with Crippen molar-refractivity contribution in [1.82, 2.24) is 14.5 Å². The summed E-state index contributed by atoms with van der Waals surface area (Å²) in [5.41, 5.74) is 10.7. The van der Waals surface area contributed by atoms with Crippen molar-refractivity contribution in [2.45, 2.75) is 6.54 Å². The second-order valence-electron chi connectivity index (χ2n) is 10.2. The molecule has 4 heterocycles. The van der Waals surface area contributed by atoms with Crippen LogP contribution in [0.2, 0.25) is 0 Å². The second kappa shape index (κ2) is 9.28. The molecule has 0 N–H and O–H groups in total. The zero-order valence-corrected chi connectivity index (χ0v) is 22.3. The number of rotatable bonds is 4. The minimum absolute atomic E-state index is 0.720. The highest BCUT2D eigenvalue weighted by atomic mass is 15.2. The molecule has 8 rings (SSSR count). The lowest BCUT2D eigenvalue weighted by atomic mass is 9.90. The number of anilines is 2. The Morgan fingerprint density at radius 3 is 2.32 bits per heavy atom. The number of aromatic nitrogens is 3. The molecule has 1 aliphatic heterocycles. The standard InChI is InChI=1S/C36H25N5/c1-37-30-14-4-7-18-33(30)40-23-24-20-21-26-25-11-2-6-17-32(25)41(36(26)35(24)27-12-3-5-16-31(27)40)34-19-10-15-29(39-34)28-13-8-9-22-38-28/h2-22H,1,23H2. The molecule has 0 fully saturated rings. The Balaban J connectivity index is 1.43. The van der Waals surface area contributed by atoms with Crippen molar-refractivity contribution in [3.05, 3.63) is 133 Å². The quantitative estimate of drug-likeness (QED) is 0.215. The van der Waals surface area contributed by atoms with Gasteiger partial charge >= 0.3 is 0 Å². The number of para-hydroxylation sites is 4. The summed E-state index contributed by atoms with van der Waals surface area (Å²) in [7, 11) is 0. The van der Waals surface area contributed by atoms with E-state index in [9.17, 15) is 0 Å². The fraction of sp³-hybridized carbons (Fsp3) is 0.0278. The Bertz CT molecular complexity index is 2110. The molecule has 0 amide bonds. The lowest BCUT2D eigenvalue weighted by Gasteiger charge is -2.34. The molecule has 4 aromatic carbocycles. The normalized spacial score (nSPS) is 12.3. The molecule has 41 heavy (non-hydrogen) atoms. The summed E-state index contributed by atoms with van der Waals surface area (Å²) >= 11 is 0. The summed E-state index contributed by atoms with van der Waals surface area (Å²) in [4.78, 5) is 16.4. The van der Waals surface area contributed by atoms with Crippen molar-refractivity contribution < 1.29 is 0 Å². The Morgan fingerprint density at radius 2 is 1.44 bits per heavy atom. The van der Waals surface area contributed by atoms with Crippen LogP contribution in [0.1, 0.15) is 5.56 Å². The predicted octanol–water partition coefficient (Wildman–Crippen LogP) is 8.89. The van der Waals surface area contributed by atoms with Gasteiger partial charge < -0.3 is 4.90 Å². The van der Waals surface area contributed by atoms with Crippen LogP contribution in [0.3, 0.4) is 0 Å². The molecule has 0 atom stereocenters. The van der Waals surface area contributed by atoms with Crippen LogP contribution >= 0.6 is 0 Å². The van der Waals surface area contributed by atoms with Gasteiger partial charge in [-0.3, -0.25) is 14.5 Å². The van der Waals surface area contributed by atoms with Crippen LogP contribution < -0.4 is 4.90 Å². The van der Waals surface area contributed by atoms with E-state index in [1.807, 2.05) is 42.6 Å². The molecule has 0 spiro atoms. The van der Waals surface area contributed by atoms with Gasteiger partial charge in [0.25, 0.3) is 0 Å². The molecular weight excluding hydrogens is 502 g/mol. The first-order valence-electron chi connectivity index (χ1n) is 13.7. The third-order valence-corrected chi connectivity index (χ3v) is 7.95. The third kappa shape index (κ3) is 3.60. The highest BCUT2D eigenvalue weighted by Gasteiger charge is 2.28. The minimum atomic E-state index is 0.720. The van der Waals surface area contributed by atoms with Crippen LogP contribution in [0.5, 0.6) is 0 Å². The van der Waals surface area contributed by atoms with Gasteiger partial charge in [0, 0.05) is 40.3 Å².